The van der Waals surface area contributed by atoms with E-state index in [9.17, 15) is 13.2 Å². The van der Waals surface area contributed by atoms with Crippen LogP contribution in [0.15, 0.2) is 84.9 Å². The number of halogens is 3. The van der Waals surface area contributed by atoms with E-state index in [2.05, 4.69) is 29.6 Å². The van der Waals surface area contributed by atoms with Crippen molar-refractivity contribution in [2.75, 3.05) is 6.54 Å². The van der Waals surface area contributed by atoms with Crippen LogP contribution in [0.1, 0.15) is 47.6 Å². The minimum absolute atomic E-state index is 0.158. The normalized spacial score (nSPS) is 12.9. The van der Waals surface area contributed by atoms with Crippen LogP contribution in [0.2, 0.25) is 0 Å². The van der Waals surface area contributed by atoms with E-state index in [4.69, 9.17) is 0 Å². The first-order chi connectivity index (χ1) is 13.4. The molecule has 0 bridgehead atoms. The fourth-order valence-corrected chi connectivity index (χ4v) is 3.44. The van der Waals surface area contributed by atoms with Crippen molar-refractivity contribution in [3.05, 3.63) is 107 Å². The van der Waals surface area contributed by atoms with Gasteiger partial charge in [-0.15, -0.1) is 0 Å². The third-order valence-electron chi connectivity index (χ3n) is 5.00. The van der Waals surface area contributed by atoms with Crippen molar-refractivity contribution < 1.29 is 13.2 Å². The second kappa shape index (κ2) is 9.07. The lowest BCUT2D eigenvalue weighted by Gasteiger charge is -2.21. The minimum atomic E-state index is -4.32. The molecule has 0 aliphatic heterocycles. The lowest BCUT2D eigenvalue weighted by molar-refractivity contribution is -0.137. The highest BCUT2D eigenvalue weighted by Gasteiger charge is 2.30. The Morgan fingerprint density at radius 2 is 1.29 bits per heavy atom. The van der Waals surface area contributed by atoms with Crippen LogP contribution >= 0.6 is 0 Å². The van der Waals surface area contributed by atoms with Gasteiger partial charge in [-0.05, 0) is 48.7 Å². The summed E-state index contributed by atoms with van der Waals surface area (Å²) in [7, 11) is 0. The summed E-state index contributed by atoms with van der Waals surface area (Å²) in [5.74, 6) is 0.239. The van der Waals surface area contributed by atoms with E-state index >= 15 is 0 Å². The maximum absolute atomic E-state index is 12.9. The Morgan fingerprint density at radius 3 is 1.82 bits per heavy atom. The van der Waals surface area contributed by atoms with Crippen LogP contribution < -0.4 is 5.32 Å². The van der Waals surface area contributed by atoms with Crippen molar-refractivity contribution in [1.82, 2.24) is 5.32 Å². The van der Waals surface area contributed by atoms with Crippen LogP contribution in [0.4, 0.5) is 13.2 Å². The molecule has 0 spiro atoms. The molecule has 146 valence electrons. The van der Waals surface area contributed by atoms with E-state index in [1.165, 1.54) is 23.3 Å². The summed E-state index contributed by atoms with van der Waals surface area (Å²) in [6.45, 7) is 2.60. The maximum atomic E-state index is 12.9. The first-order valence-electron chi connectivity index (χ1n) is 9.45. The molecule has 4 heteroatoms. The van der Waals surface area contributed by atoms with Crippen LogP contribution in [0, 0.1) is 0 Å². The van der Waals surface area contributed by atoms with Crippen molar-refractivity contribution in [3.63, 3.8) is 0 Å². The molecular weight excluding hydrogens is 359 g/mol. The summed E-state index contributed by atoms with van der Waals surface area (Å²) in [4.78, 5) is 0. The standard InChI is InChI=1S/C24H24F3N/c1-18(21-13-8-14-22(17-21)24(25,26)27)28-16-15-23(19-9-4-2-5-10-19)20-11-6-3-7-12-20/h2-14,17-18,23,28H,15-16H2,1H3. The van der Waals surface area contributed by atoms with Gasteiger partial charge < -0.3 is 5.32 Å². The number of benzene rings is 3. The first kappa shape index (κ1) is 20.2. The molecule has 0 aliphatic carbocycles. The summed E-state index contributed by atoms with van der Waals surface area (Å²) in [6, 6.07) is 26.0. The summed E-state index contributed by atoms with van der Waals surface area (Å²) in [5, 5.41) is 3.38. The molecule has 0 saturated carbocycles. The van der Waals surface area contributed by atoms with Crippen molar-refractivity contribution in [1.29, 1.82) is 0 Å². The lowest BCUT2D eigenvalue weighted by atomic mass is 9.88. The molecule has 1 nitrogen and oxygen atoms in total. The second-order valence-corrected chi connectivity index (χ2v) is 6.96. The molecule has 0 aliphatic rings. The van der Waals surface area contributed by atoms with Gasteiger partial charge >= 0.3 is 6.18 Å². The van der Waals surface area contributed by atoms with Gasteiger partial charge in [0.25, 0.3) is 0 Å². The molecule has 0 saturated heterocycles. The Hall–Kier alpha value is -2.59. The van der Waals surface area contributed by atoms with Gasteiger partial charge in [0.2, 0.25) is 0 Å². The van der Waals surface area contributed by atoms with E-state index in [0.717, 1.165) is 12.5 Å². The Balaban J connectivity index is 1.68. The number of hydrogen-bond donors (Lipinski definition) is 1. The molecule has 1 N–H and O–H groups in total. The zero-order valence-corrected chi connectivity index (χ0v) is 15.8. The van der Waals surface area contributed by atoms with Crippen molar-refractivity contribution in [2.45, 2.75) is 31.5 Å². The largest absolute Gasteiger partial charge is 0.416 e. The van der Waals surface area contributed by atoms with Gasteiger partial charge in [0.15, 0.2) is 0 Å². The third kappa shape index (κ3) is 5.23. The van der Waals surface area contributed by atoms with Crippen molar-refractivity contribution in [3.8, 4) is 0 Å². The Morgan fingerprint density at radius 1 is 0.750 bits per heavy atom. The monoisotopic (exact) mass is 383 g/mol. The molecule has 0 amide bonds. The van der Waals surface area contributed by atoms with Crippen molar-refractivity contribution >= 4 is 0 Å². The Kier molecular flexibility index (Phi) is 6.53. The molecule has 0 heterocycles. The Labute approximate surface area is 164 Å². The average Bonchev–Trinajstić information content (AvgIpc) is 2.72. The van der Waals surface area contributed by atoms with Gasteiger partial charge in [-0.3, -0.25) is 0 Å². The molecule has 1 atom stereocenters. The van der Waals surface area contributed by atoms with Gasteiger partial charge in [0.1, 0.15) is 0 Å². The summed E-state index contributed by atoms with van der Waals surface area (Å²) in [6.07, 6.45) is -3.46. The zero-order valence-electron chi connectivity index (χ0n) is 15.8. The van der Waals surface area contributed by atoms with Gasteiger partial charge in [0.05, 0.1) is 5.56 Å². The van der Waals surface area contributed by atoms with Crippen LogP contribution in [-0.4, -0.2) is 6.54 Å². The van der Waals surface area contributed by atoms with Crippen LogP contribution in [0.5, 0.6) is 0 Å². The predicted molar refractivity (Wildman–Crippen MR) is 107 cm³/mol. The second-order valence-electron chi connectivity index (χ2n) is 6.96. The molecular formula is C24H24F3N. The number of rotatable bonds is 7. The quantitative estimate of drug-likeness (QED) is 0.486. The third-order valence-corrected chi connectivity index (χ3v) is 5.00. The molecule has 0 radical (unpaired) electrons. The highest BCUT2D eigenvalue weighted by molar-refractivity contribution is 5.32. The fraction of sp³-hybridized carbons (Fsp3) is 0.250. The highest BCUT2D eigenvalue weighted by Crippen LogP contribution is 2.31. The number of alkyl halides is 3. The fourth-order valence-electron chi connectivity index (χ4n) is 3.44. The highest BCUT2D eigenvalue weighted by atomic mass is 19.4. The smallest absolute Gasteiger partial charge is 0.310 e. The lowest BCUT2D eigenvalue weighted by Crippen LogP contribution is -2.22. The molecule has 0 aromatic heterocycles. The van der Waals surface area contributed by atoms with E-state index < -0.39 is 11.7 Å². The topological polar surface area (TPSA) is 12.0 Å². The Bertz CT molecular complexity index is 820. The molecule has 1 unspecified atom stereocenters. The van der Waals surface area contributed by atoms with E-state index in [-0.39, 0.29) is 12.0 Å². The zero-order chi connectivity index (χ0) is 20.0. The summed E-state index contributed by atoms with van der Waals surface area (Å²) < 4.78 is 38.8. The van der Waals surface area contributed by atoms with Gasteiger partial charge in [-0.25, -0.2) is 0 Å². The molecule has 28 heavy (non-hydrogen) atoms. The molecule has 3 aromatic rings. The number of hydrogen-bond acceptors (Lipinski definition) is 1. The van der Waals surface area contributed by atoms with Gasteiger partial charge in [-0.1, -0.05) is 72.8 Å². The van der Waals surface area contributed by atoms with Crippen LogP contribution in [0.25, 0.3) is 0 Å². The number of nitrogens with one attached hydrogen (secondary N) is 1. The molecule has 3 aromatic carbocycles. The van der Waals surface area contributed by atoms with Crippen LogP contribution in [-0.2, 0) is 6.18 Å². The molecule has 3 rings (SSSR count). The minimum Gasteiger partial charge on any atom is -0.310 e. The molecule has 0 fully saturated rings. The van der Waals surface area contributed by atoms with Gasteiger partial charge in [-0.2, -0.15) is 13.2 Å². The predicted octanol–water partition coefficient (Wildman–Crippen LogP) is 6.58. The maximum Gasteiger partial charge on any atom is 0.416 e. The van der Waals surface area contributed by atoms with E-state index in [0.29, 0.717) is 12.1 Å². The summed E-state index contributed by atoms with van der Waals surface area (Å²) >= 11 is 0. The summed E-state index contributed by atoms with van der Waals surface area (Å²) in [5.41, 5.74) is 2.51. The SMILES string of the molecule is CC(NCCC(c1ccccc1)c1ccccc1)c1cccc(C(F)(F)F)c1. The first-order valence-corrected chi connectivity index (χ1v) is 9.45. The van der Waals surface area contributed by atoms with Gasteiger partial charge in [0, 0.05) is 12.0 Å². The van der Waals surface area contributed by atoms with E-state index in [1.807, 2.05) is 43.3 Å². The van der Waals surface area contributed by atoms with Crippen molar-refractivity contribution in [2.24, 2.45) is 0 Å². The van der Waals surface area contributed by atoms with Crippen LogP contribution in [0.3, 0.4) is 0 Å². The van der Waals surface area contributed by atoms with E-state index in [1.54, 1.807) is 6.07 Å². The average molecular weight is 383 g/mol.